The summed E-state index contributed by atoms with van der Waals surface area (Å²) < 4.78 is 0. The van der Waals surface area contributed by atoms with Gasteiger partial charge in [-0.15, -0.1) is 0 Å². The number of nitro benzene ring substituents is 1. The number of nitro groups is 1. The fourth-order valence-electron chi connectivity index (χ4n) is 2.30. The summed E-state index contributed by atoms with van der Waals surface area (Å²) in [5, 5.41) is 22.8. The quantitative estimate of drug-likeness (QED) is 0.245. The molecule has 3 aromatic rings. The Kier molecular flexibility index (Phi) is 3.77. The highest BCUT2D eigenvalue weighted by Crippen LogP contribution is 2.22. The molecular formula is C13H10N6O6. The summed E-state index contributed by atoms with van der Waals surface area (Å²) in [6, 6.07) is 2.32. The van der Waals surface area contributed by atoms with Gasteiger partial charge in [0.25, 0.3) is 5.69 Å². The minimum absolute atomic E-state index is 0.0268. The number of anilines is 1. The van der Waals surface area contributed by atoms with Crippen LogP contribution < -0.4 is 16.4 Å². The Hall–Kier alpha value is -3.96. The molecule has 12 heteroatoms. The lowest BCUT2D eigenvalue weighted by molar-refractivity contribution is -0.384. The predicted molar refractivity (Wildman–Crippen MR) is 84.7 cm³/mol. The van der Waals surface area contributed by atoms with Crippen LogP contribution in [0.25, 0.3) is 11.0 Å². The van der Waals surface area contributed by atoms with Crippen LogP contribution in [0.4, 0.5) is 11.5 Å². The molecule has 0 aliphatic heterocycles. The molecule has 1 aromatic carbocycles. The molecule has 0 unspecified atom stereocenters. The van der Waals surface area contributed by atoms with E-state index in [9.17, 15) is 24.5 Å². The molecule has 0 fully saturated rings. The number of carbonyl (C=O) groups is 1. The third-order valence-corrected chi connectivity index (χ3v) is 3.41. The smallest absolute Gasteiger partial charge is 0.356 e. The fraction of sp³-hybridized carbons (Fsp3) is 0.0769. The van der Waals surface area contributed by atoms with Crippen LogP contribution in [0.3, 0.4) is 0 Å². The summed E-state index contributed by atoms with van der Waals surface area (Å²) in [7, 11) is 0. The average molecular weight is 346 g/mol. The molecule has 5 N–H and O–H groups in total. The van der Waals surface area contributed by atoms with E-state index in [2.05, 4.69) is 25.3 Å². The van der Waals surface area contributed by atoms with Gasteiger partial charge < -0.3 is 25.4 Å². The highest BCUT2D eigenvalue weighted by molar-refractivity contribution is 5.91. The van der Waals surface area contributed by atoms with Crippen molar-refractivity contribution in [1.82, 2.24) is 19.9 Å². The molecular weight excluding hydrogens is 336 g/mol. The molecule has 0 radical (unpaired) electrons. The molecule has 25 heavy (non-hydrogen) atoms. The number of non-ortho nitro benzene ring substituents is 1. The number of nitrogens with one attached hydrogen (secondary N) is 4. The third-order valence-electron chi connectivity index (χ3n) is 3.41. The van der Waals surface area contributed by atoms with Gasteiger partial charge in [0.05, 0.1) is 22.3 Å². The Bertz CT molecular complexity index is 1110. The van der Waals surface area contributed by atoms with Crippen LogP contribution >= 0.6 is 0 Å². The summed E-state index contributed by atoms with van der Waals surface area (Å²) in [5.74, 6) is -1.21. The maximum atomic E-state index is 11.5. The Balaban J connectivity index is 2.07. The van der Waals surface area contributed by atoms with Crippen molar-refractivity contribution in [2.75, 3.05) is 5.32 Å². The number of imidazole rings is 1. The number of carboxylic acids is 1. The second-order valence-electron chi connectivity index (χ2n) is 4.98. The predicted octanol–water partition coefficient (Wildman–Crippen LogP) is 0.158. The first-order valence-corrected chi connectivity index (χ1v) is 6.81. The molecule has 0 saturated heterocycles. The Morgan fingerprint density at radius 1 is 1.28 bits per heavy atom. The van der Waals surface area contributed by atoms with Crippen molar-refractivity contribution < 1.29 is 14.8 Å². The summed E-state index contributed by atoms with van der Waals surface area (Å²) in [4.78, 5) is 55.3. The first kappa shape index (κ1) is 15.9. The van der Waals surface area contributed by atoms with E-state index in [1.807, 2.05) is 0 Å². The number of aromatic carboxylic acids is 1. The van der Waals surface area contributed by atoms with Gasteiger partial charge in [-0.1, -0.05) is 0 Å². The summed E-state index contributed by atoms with van der Waals surface area (Å²) >= 11 is 0. The van der Waals surface area contributed by atoms with Crippen LogP contribution in [0.1, 0.15) is 16.1 Å². The standard InChI is InChI=1S/C13H10N6O6/c20-11-12(21)18-8-5(1-6(19(24)25)2-7(8)17-11)3-14-10-9(13(22)23)15-4-16-10/h1-2,4,14H,3H2,(H,15,16)(H,17,20)(H,18,21)(H,22,23). The summed E-state index contributed by atoms with van der Waals surface area (Å²) in [6.45, 7) is -0.0781. The van der Waals surface area contributed by atoms with Crippen LogP contribution in [0.15, 0.2) is 28.0 Å². The molecule has 0 saturated carbocycles. The average Bonchev–Trinajstić information content (AvgIpc) is 3.02. The van der Waals surface area contributed by atoms with Crippen molar-refractivity contribution in [2.45, 2.75) is 6.54 Å². The maximum absolute atomic E-state index is 11.5. The summed E-state index contributed by atoms with van der Waals surface area (Å²) in [6.07, 6.45) is 1.18. The van der Waals surface area contributed by atoms with Crippen molar-refractivity contribution in [3.8, 4) is 0 Å². The Labute approximate surface area is 136 Å². The molecule has 2 heterocycles. The fourth-order valence-corrected chi connectivity index (χ4v) is 2.30. The van der Waals surface area contributed by atoms with Crippen LogP contribution in [0.5, 0.6) is 0 Å². The monoisotopic (exact) mass is 346 g/mol. The minimum Gasteiger partial charge on any atom is -0.476 e. The SMILES string of the molecule is O=C(O)c1[nH]cnc1NCc1cc([N+](=O)[O-])cc2[nH]c(=O)c(=O)[nH]c12. The van der Waals surface area contributed by atoms with Gasteiger partial charge in [0.2, 0.25) is 0 Å². The van der Waals surface area contributed by atoms with Gasteiger partial charge in [-0.3, -0.25) is 19.7 Å². The zero-order valence-electron chi connectivity index (χ0n) is 12.3. The zero-order valence-corrected chi connectivity index (χ0v) is 12.3. The van der Waals surface area contributed by atoms with Crippen molar-refractivity contribution in [2.24, 2.45) is 0 Å². The second-order valence-corrected chi connectivity index (χ2v) is 4.98. The Morgan fingerprint density at radius 3 is 2.68 bits per heavy atom. The van der Waals surface area contributed by atoms with Crippen LogP contribution in [-0.2, 0) is 6.54 Å². The van der Waals surface area contributed by atoms with Gasteiger partial charge in [-0.25, -0.2) is 9.78 Å². The van der Waals surface area contributed by atoms with Crippen LogP contribution in [0.2, 0.25) is 0 Å². The number of aromatic nitrogens is 4. The van der Waals surface area contributed by atoms with Gasteiger partial charge in [0.1, 0.15) is 0 Å². The number of rotatable bonds is 5. The molecule has 0 spiro atoms. The molecule has 128 valence electrons. The highest BCUT2D eigenvalue weighted by atomic mass is 16.6. The van der Waals surface area contributed by atoms with Crippen molar-refractivity contribution >= 4 is 28.5 Å². The van der Waals surface area contributed by atoms with Crippen LogP contribution in [-0.4, -0.2) is 35.9 Å². The van der Waals surface area contributed by atoms with E-state index in [0.717, 1.165) is 6.07 Å². The van der Waals surface area contributed by atoms with Crippen molar-refractivity contribution in [3.63, 3.8) is 0 Å². The topological polar surface area (TPSA) is 187 Å². The normalized spacial score (nSPS) is 10.7. The van der Waals surface area contributed by atoms with Gasteiger partial charge >= 0.3 is 17.1 Å². The van der Waals surface area contributed by atoms with E-state index in [1.165, 1.54) is 12.4 Å². The number of H-pyrrole nitrogens is 3. The van der Waals surface area contributed by atoms with Gasteiger partial charge in [0.15, 0.2) is 11.5 Å². The molecule has 0 atom stereocenters. The van der Waals surface area contributed by atoms with E-state index in [1.54, 1.807) is 0 Å². The van der Waals surface area contributed by atoms with Gasteiger partial charge in [-0.05, 0) is 0 Å². The van der Waals surface area contributed by atoms with E-state index in [0.29, 0.717) is 0 Å². The molecule has 0 aliphatic rings. The first-order valence-electron chi connectivity index (χ1n) is 6.81. The number of fused-ring (bicyclic) bond motifs is 1. The lowest BCUT2D eigenvalue weighted by Gasteiger charge is -2.08. The highest BCUT2D eigenvalue weighted by Gasteiger charge is 2.16. The number of aromatic amines is 3. The van der Waals surface area contributed by atoms with Crippen molar-refractivity contribution in [3.05, 3.63) is 60.5 Å². The lowest BCUT2D eigenvalue weighted by atomic mass is 10.1. The van der Waals surface area contributed by atoms with Gasteiger partial charge in [0, 0.05) is 24.2 Å². The van der Waals surface area contributed by atoms with Crippen molar-refractivity contribution in [1.29, 1.82) is 0 Å². The molecule has 0 aliphatic carbocycles. The molecule has 12 nitrogen and oxygen atoms in total. The number of benzene rings is 1. The van der Waals surface area contributed by atoms with E-state index in [4.69, 9.17) is 5.11 Å². The Morgan fingerprint density at radius 2 is 2.00 bits per heavy atom. The lowest BCUT2D eigenvalue weighted by Crippen LogP contribution is -2.29. The first-order chi connectivity index (χ1) is 11.9. The number of carboxylic acid groups (broad SMARTS) is 1. The van der Waals surface area contributed by atoms with E-state index < -0.39 is 22.0 Å². The molecule has 0 amide bonds. The van der Waals surface area contributed by atoms with Crippen LogP contribution in [0, 0.1) is 10.1 Å². The van der Waals surface area contributed by atoms with E-state index in [-0.39, 0.29) is 40.3 Å². The molecule has 2 aromatic heterocycles. The summed E-state index contributed by atoms with van der Waals surface area (Å²) in [5.41, 5.74) is -1.78. The third kappa shape index (κ3) is 2.95. The maximum Gasteiger partial charge on any atom is 0.356 e. The number of hydrogen-bond acceptors (Lipinski definition) is 7. The number of hydrogen-bond donors (Lipinski definition) is 5. The second kappa shape index (κ2) is 5.92. The van der Waals surface area contributed by atoms with E-state index >= 15 is 0 Å². The minimum atomic E-state index is -1.23. The molecule has 3 rings (SSSR count). The number of nitrogens with zero attached hydrogens (tertiary/aromatic N) is 2. The zero-order chi connectivity index (χ0) is 18.1. The van der Waals surface area contributed by atoms with Gasteiger partial charge in [-0.2, -0.15) is 0 Å². The largest absolute Gasteiger partial charge is 0.476 e. The molecule has 0 bridgehead atoms.